The summed E-state index contributed by atoms with van der Waals surface area (Å²) in [4.78, 5) is 28.9. The average Bonchev–Trinajstić information content (AvgIpc) is 3.66. The van der Waals surface area contributed by atoms with Crippen molar-refractivity contribution in [3.63, 3.8) is 0 Å². The van der Waals surface area contributed by atoms with Gasteiger partial charge < -0.3 is 10.2 Å². The summed E-state index contributed by atoms with van der Waals surface area (Å²) in [6.07, 6.45) is 3.15. The van der Waals surface area contributed by atoms with Crippen LogP contribution < -0.4 is 5.32 Å². The molecular weight excluding hydrogens is 515 g/mol. The molecule has 4 nitrogen and oxygen atoms in total. The van der Waals surface area contributed by atoms with Crippen LogP contribution in [0.25, 0.3) is 0 Å². The van der Waals surface area contributed by atoms with Gasteiger partial charge in [0, 0.05) is 13.1 Å². The number of halogens is 2. The molecular formula is C32H34Cl2N2O2. The van der Waals surface area contributed by atoms with E-state index in [0.29, 0.717) is 16.6 Å². The molecule has 198 valence electrons. The number of Topliss-reactive ketones (excluding diaryl/α,β-unsaturated/α-hetero) is 1. The van der Waals surface area contributed by atoms with Crippen LogP contribution in [0.2, 0.25) is 10.0 Å². The highest BCUT2D eigenvalue weighted by Crippen LogP contribution is 2.56. The van der Waals surface area contributed by atoms with E-state index < -0.39 is 10.8 Å². The molecule has 1 amide bonds. The van der Waals surface area contributed by atoms with Crippen molar-refractivity contribution in [2.45, 2.75) is 43.4 Å². The van der Waals surface area contributed by atoms with Crippen LogP contribution >= 0.6 is 23.2 Å². The topological polar surface area (TPSA) is 49.4 Å². The van der Waals surface area contributed by atoms with Crippen molar-refractivity contribution < 1.29 is 9.59 Å². The first kappa shape index (κ1) is 26.9. The zero-order valence-electron chi connectivity index (χ0n) is 21.8. The van der Waals surface area contributed by atoms with E-state index in [4.69, 9.17) is 23.2 Å². The van der Waals surface area contributed by atoms with Gasteiger partial charge >= 0.3 is 0 Å². The highest BCUT2D eigenvalue weighted by molar-refractivity contribution is 6.42. The van der Waals surface area contributed by atoms with Crippen LogP contribution in [-0.4, -0.2) is 42.8 Å². The minimum atomic E-state index is -0.612. The number of carbonyl (C=O) groups excluding carboxylic acids is 2. The lowest BCUT2D eigenvalue weighted by Gasteiger charge is -2.41. The summed E-state index contributed by atoms with van der Waals surface area (Å²) in [5.74, 6) is 0.465. The number of hydrogen-bond donors (Lipinski definition) is 1. The van der Waals surface area contributed by atoms with Gasteiger partial charge in [-0.1, -0.05) is 89.9 Å². The Kier molecular flexibility index (Phi) is 7.95. The second kappa shape index (κ2) is 11.2. The lowest BCUT2D eigenvalue weighted by molar-refractivity contribution is -0.124. The lowest BCUT2D eigenvalue weighted by Crippen LogP contribution is -2.47. The van der Waals surface area contributed by atoms with Crippen molar-refractivity contribution in [2.24, 2.45) is 5.92 Å². The molecule has 2 atom stereocenters. The molecule has 0 bridgehead atoms. The molecule has 1 saturated heterocycles. The zero-order chi connectivity index (χ0) is 26.8. The number of ketones is 1. The molecule has 6 heteroatoms. The largest absolute Gasteiger partial charge is 0.355 e. The molecule has 0 aromatic heterocycles. The number of nitrogens with zero attached hydrogens (tertiary/aromatic N) is 1. The highest BCUT2D eigenvalue weighted by Gasteiger charge is 2.61. The first-order chi connectivity index (χ1) is 18.3. The lowest BCUT2D eigenvalue weighted by atomic mass is 9.70. The van der Waals surface area contributed by atoms with Crippen LogP contribution in [-0.2, 0) is 26.8 Å². The summed E-state index contributed by atoms with van der Waals surface area (Å²) in [6, 6.07) is 25.9. The van der Waals surface area contributed by atoms with Crippen LogP contribution in [0, 0.1) is 5.92 Å². The molecule has 1 heterocycles. The first-order valence-electron chi connectivity index (χ1n) is 13.4. The molecule has 5 rings (SSSR count). The molecule has 2 unspecified atom stereocenters. The summed E-state index contributed by atoms with van der Waals surface area (Å²) in [5, 5.41) is 4.17. The van der Waals surface area contributed by atoms with Crippen molar-refractivity contribution in [1.29, 1.82) is 0 Å². The maximum atomic E-state index is 13.7. The van der Waals surface area contributed by atoms with Crippen LogP contribution in [0.5, 0.6) is 0 Å². The van der Waals surface area contributed by atoms with Crippen LogP contribution in [0.4, 0.5) is 0 Å². The van der Waals surface area contributed by atoms with Gasteiger partial charge in [-0.25, -0.2) is 0 Å². The van der Waals surface area contributed by atoms with Crippen molar-refractivity contribution in [3.05, 3.63) is 106 Å². The first-order valence-corrected chi connectivity index (χ1v) is 14.2. The van der Waals surface area contributed by atoms with Gasteiger partial charge in [0.15, 0.2) is 0 Å². The maximum Gasteiger partial charge on any atom is 0.231 e. The van der Waals surface area contributed by atoms with E-state index in [0.717, 1.165) is 56.4 Å². The second-order valence-electron chi connectivity index (χ2n) is 10.8. The third kappa shape index (κ3) is 5.27. The Morgan fingerprint density at radius 2 is 1.55 bits per heavy atom. The molecule has 3 aromatic rings. The summed E-state index contributed by atoms with van der Waals surface area (Å²) in [7, 11) is 0. The number of carbonyl (C=O) groups is 2. The summed E-state index contributed by atoms with van der Waals surface area (Å²) < 4.78 is 0. The standard InChI is InChI=1S/C32H34Cl2N2O2/c1-23(37)31(25-10-6-3-7-11-25)15-18-36(19-16-31)22-27-21-32(27,26-12-13-28(33)29(34)20-26)30(38)35-17-14-24-8-4-2-5-9-24/h2-13,20,27H,14-19,21-22H2,1H3,(H,35,38). The average molecular weight is 550 g/mol. The number of amides is 1. The molecule has 0 radical (unpaired) electrons. The van der Waals surface area contributed by atoms with Crippen molar-refractivity contribution >= 4 is 34.9 Å². The number of rotatable bonds is 9. The minimum Gasteiger partial charge on any atom is -0.355 e. The molecule has 0 spiro atoms. The number of nitrogens with one attached hydrogen (secondary N) is 1. The van der Waals surface area contributed by atoms with Crippen LogP contribution in [0.3, 0.4) is 0 Å². The predicted octanol–water partition coefficient (Wildman–Crippen LogP) is 6.23. The fourth-order valence-electron chi connectivity index (χ4n) is 6.24. The Labute approximate surface area is 235 Å². The monoisotopic (exact) mass is 548 g/mol. The Hall–Kier alpha value is -2.66. The van der Waals surface area contributed by atoms with E-state index >= 15 is 0 Å². The van der Waals surface area contributed by atoms with Crippen molar-refractivity contribution in [1.82, 2.24) is 10.2 Å². The third-order valence-electron chi connectivity index (χ3n) is 8.68. The fourth-order valence-corrected chi connectivity index (χ4v) is 6.54. The van der Waals surface area contributed by atoms with Crippen LogP contribution in [0.1, 0.15) is 42.9 Å². The van der Waals surface area contributed by atoms with Gasteiger partial charge in [-0.3, -0.25) is 9.59 Å². The van der Waals surface area contributed by atoms with E-state index in [9.17, 15) is 9.59 Å². The van der Waals surface area contributed by atoms with Gasteiger partial charge in [-0.2, -0.15) is 0 Å². The second-order valence-corrected chi connectivity index (χ2v) is 11.6. The van der Waals surface area contributed by atoms with Crippen LogP contribution in [0.15, 0.2) is 78.9 Å². The summed E-state index contributed by atoms with van der Waals surface area (Å²) >= 11 is 12.6. The Morgan fingerprint density at radius 3 is 2.18 bits per heavy atom. The fraction of sp³-hybridized carbons (Fsp3) is 0.375. The molecule has 38 heavy (non-hydrogen) atoms. The maximum absolute atomic E-state index is 13.7. The summed E-state index contributed by atoms with van der Waals surface area (Å²) in [5.41, 5.74) is 2.20. The van der Waals surface area contributed by atoms with Gasteiger partial charge in [0.1, 0.15) is 5.78 Å². The normalized spacial score (nSPS) is 22.6. The third-order valence-corrected chi connectivity index (χ3v) is 9.41. The van der Waals surface area contributed by atoms with Gasteiger partial charge in [0.05, 0.1) is 20.9 Å². The minimum absolute atomic E-state index is 0.0520. The molecule has 1 aliphatic carbocycles. The Balaban J connectivity index is 1.28. The van der Waals surface area contributed by atoms with Crippen molar-refractivity contribution in [3.8, 4) is 0 Å². The number of piperidine rings is 1. The SMILES string of the molecule is CC(=O)C1(c2ccccc2)CCN(CC2CC2(C(=O)NCCc2ccccc2)c2ccc(Cl)c(Cl)c2)CC1. The Bertz CT molecular complexity index is 1290. The smallest absolute Gasteiger partial charge is 0.231 e. The number of benzene rings is 3. The number of hydrogen-bond acceptors (Lipinski definition) is 3. The molecule has 2 fully saturated rings. The van der Waals surface area contributed by atoms with E-state index in [1.807, 2.05) is 48.5 Å². The molecule has 2 aliphatic rings. The van der Waals surface area contributed by atoms with Gasteiger partial charge in [0.2, 0.25) is 5.91 Å². The summed E-state index contributed by atoms with van der Waals surface area (Å²) in [6.45, 7) is 4.78. The van der Waals surface area contributed by atoms with Gasteiger partial charge in [-0.15, -0.1) is 0 Å². The van der Waals surface area contributed by atoms with E-state index in [1.165, 1.54) is 5.56 Å². The van der Waals surface area contributed by atoms with E-state index in [1.54, 1.807) is 13.0 Å². The molecule has 1 N–H and O–H groups in total. The number of likely N-dealkylation sites (tertiary alicyclic amines) is 1. The zero-order valence-corrected chi connectivity index (χ0v) is 23.3. The molecule has 1 aliphatic heterocycles. The molecule has 1 saturated carbocycles. The van der Waals surface area contributed by atoms with Crippen molar-refractivity contribution in [2.75, 3.05) is 26.2 Å². The van der Waals surface area contributed by atoms with Gasteiger partial charge in [0.25, 0.3) is 0 Å². The predicted molar refractivity (Wildman–Crippen MR) is 154 cm³/mol. The van der Waals surface area contributed by atoms with E-state index in [-0.39, 0.29) is 17.6 Å². The quantitative estimate of drug-likeness (QED) is 0.344. The highest BCUT2D eigenvalue weighted by atomic mass is 35.5. The van der Waals surface area contributed by atoms with Gasteiger partial charge in [-0.05, 0) is 80.4 Å². The van der Waals surface area contributed by atoms with E-state index in [2.05, 4.69) is 34.5 Å². The Morgan fingerprint density at radius 1 is 0.895 bits per heavy atom. The molecule has 3 aromatic carbocycles.